The number of hydrogen-bond acceptors (Lipinski definition) is 4. The maximum Gasteiger partial charge on any atom is 0.335 e. The van der Waals surface area contributed by atoms with Gasteiger partial charge < -0.3 is 4.74 Å². The minimum absolute atomic E-state index is 0.119. The number of benzene rings is 3. The molecule has 1 saturated heterocycles. The molecule has 0 bridgehead atoms. The first-order chi connectivity index (χ1) is 15.5. The van der Waals surface area contributed by atoms with Crippen LogP contribution in [0.1, 0.15) is 16.7 Å². The zero-order valence-corrected chi connectivity index (χ0v) is 18.8. The number of halogens is 1. The van der Waals surface area contributed by atoms with Crippen LogP contribution in [0.25, 0.3) is 6.08 Å². The first kappa shape index (κ1) is 21.5. The van der Waals surface area contributed by atoms with Gasteiger partial charge in [-0.3, -0.25) is 14.9 Å². The number of ether oxygens (including phenoxy) is 1. The lowest BCUT2D eigenvalue weighted by molar-refractivity contribution is -0.122. The van der Waals surface area contributed by atoms with E-state index in [0.29, 0.717) is 23.4 Å². The lowest BCUT2D eigenvalue weighted by atomic mass is 9.97. The topological polar surface area (TPSA) is 75.7 Å². The van der Waals surface area contributed by atoms with Gasteiger partial charge in [0.2, 0.25) is 0 Å². The SMILES string of the molecule is COc1ccc(/C=C2\C(=O)NC(=O)N(c3ccccc3)C2=O)c(Cc2ccccc2Br)c1. The maximum absolute atomic E-state index is 13.1. The normalized spacial score (nSPS) is 15.1. The fourth-order valence-electron chi connectivity index (χ4n) is 3.47. The molecule has 1 aliphatic rings. The summed E-state index contributed by atoms with van der Waals surface area (Å²) in [6, 6.07) is 21.0. The van der Waals surface area contributed by atoms with Gasteiger partial charge in [0.25, 0.3) is 11.8 Å². The van der Waals surface area contributed by atoms with Crippen LogP contribution >= 0.6 is 15.9 Å². The predicted octanol–water partition coefficient (Wildman–Crippen LogP) is 4.71. The number of imide groups is 2. The van der Waals surface area contributed by atoms with E-state index in [4.69, 9.17) is 4.74 Å². The lowest BCUT2D eigenvalue weighted by Gasteiger charge is -2.26. The van der Waals surface area contributed by atoms with E-state index < -0.39 is 17.8 Å². The van der Waals surface area contributed by atoms with Gasteiger partial charge in [-0.1, -0.05) is 58.4 Å². The third kappa shape index (κ3) is 4.33. The van der Waals surface area contributed by atoms with E-state index in [9.17, 15) is 14.4 Å². The van der Waals surface area contributed by atoms with Gasteiger partial charge in [-0.15, -0.1) is 0 Å². The Kier molecular flexibility index (Phi) is 6.18. The molecule has 0 spiro atoms. The van der Waals surface area contributed by atoms with Crippen LogP contribution in [0.2, 0.25) is 0 Å². The van der Waals surface area contributed by atoms with Gasteiger partial charge in [0.1, 0.15) is 11.3 Å². The highest BCUT2D eigenvalue weighted by atomic mass is 79.9. The highest BCUT2D eigenvalue weighted by Gasteiger charge is 2.36. The van der Waals surface area contributed by atoms with Gasteiger partial charge in [-0.05, 0) is 59.5 Å². The highest BCUT2D eigenvalue weighted by Crippen LogP contribution is 2.27. The molecule has 0 radical (unpaired) electrons. The summed E-state index contributed by atoms with van der Waals surface area (Å²) in [7, 11) is 1.58. The number of carbonyl (C=O) groups excluding carboxylic acids is 3. The minimum Gasteiger partial charge on any atom is -0.497 e. The molecule has 1 aliphatic heterocycles. The van der Waals surface area contributed by atoms with Gasteiger partial charge in [0, 0.05) is 4.47 Å². The van der Waals surface area contributed by atoms with Crippen LogP contribution in [0.15, 0.2) is 82.8 Å². The van der Waals surface area contributed by atoms with Gasteiger partial charge in [0.15, 0.2) is 0 Å². The summed E-state index contributed by atoms with van der Waals surface area (Å²) in [5, 5.41) is 2.26. The number of rotatable bonds is 5. The van der Waals surface area contributed by atoms with Gasteiger partial charge in [-0.2, -0.15) is 0 Å². The quantitative estimate of drug-likeness (QED) is 0.414. The fourth-order valence-corrected chi connectivity index (χ4v) is 3.90. The molecule has 160 valence electrons. The number of hydrogen-bond donors (Lipinski definition) is 1. The third-order valence-corrected chi connectivity index (χ3v) is 5.88. The number of urea groups is 1. The predicted molar refractivity (Wildman–Crippen MR) is 125 cm³/mol. The molecule has 1 N–H and O–H groups in total. The molecule has 0 saturated carbocycles. The van der Waals surface area contributed by atoms with Crippen molar-refractivity contribution in [1.82, 2.24) is 5.32 Å². The molecule has 0 atom stereocenters. The van der Waals surface area contributed by atoms with Crippen LogP contribution in [-0.4, -0.2) is 25.0 Å². The third-order valence-electron chi connectivity index (χ3n) is 5.10. The maximum atomic E-state index is 13.1. The Hall–Kier alpha value is -3.71. The van der Waals surface area contributed by atoms with Gasteiger partial charge in [0.05, 0.1) is 12.8 Å². The smallest absolute Gasteiger partial charge is 0.335 e. The monoisotopic (exact) mass is 490 g/mol. The van der Waals surface area contributed by atoms with E-state index in [-0.39, 0.29) is 5.57 Å². The fraction of sp³-hybridized carbons (Fsp3) is 0.0800. The van der Waals surface area contributed by atoms with Crippen LogP contribution in [0.4, 0.5) is 10.5 Å². The van der Waals surface area contributed by atoms with E-state index in [1.165, 1.54) is 6.08 Å². The summed E-state index contributed by atoms with van der Waals surface area (Å²) in [6.45, 7) is 0. The molecular weight excluding hydrogens is 472 g/mol. The second kappa shape index (κ2) is 9.20. The van der Waals surface area contributed by atoms with E-state index >= 15 is 0 Å². The second-order valence-corrected chi connectivity index (χ2v) is 7.98. The summed E-state index contributed by atoms with van der Waals surface area (Å²) in [4.78, 5) is 39.0. The number of amides is 4. The summed E-state index contributed by atoms with van der Waals surface area (Å²) < 4.78 is 6.32. The van der Waals surface area contributed by atoms with Crippen molar-refractivity contribution < 1.29 is 19.1 Å². The van der Waals surface area contributed by atoms with Crippen molar-refractivity contribution in [2.45, 2.75) is 6.42 Å². The van der Waals surface area contributed by atoms with E-state index in [2.05, 4.69) is 21.2 Å². The minimum atomic E-state index is -0.772. The molecule has 4 amide bonds. The first-order valence-corrected chi connectivity index (χ1v) is 10.6. The number of barbiturate groups is 1. The number of carbonyl (C=O) groups is 3. The van der Waals surface area contributed by atoms with Crippen molar-refractivity contribution in [1.29, 1.82) is 0 Å². The van der Waals surface area contributed by atoms with Crippen LogP contribution in [0.3, 0.4) is 0 Å². The molecule has 4 rings (SSSR count). The standard InChI is InChI=1S/C25H19BrN2O4/c1-32-20-12-11-16(18(14-20)13-17-7-5-6-10-22(17)26)15-21-23(29)27-25(31)28(24(21)30)19-8-3-2-4-9-19/h2-12,14-15H,13H2,1H3,(H,27,29,31)/b21-15+. The van der Waals surface area contributed by atoms with Gasteiger partial charge >= 0.3 is 6.03 Å². The summed E-state index contributed by atoms with van der Waals surface area (Å²) in [5.41, 5.74) is 2.86. The van der Waals surface area contributed by atoms with Crippen molar-refractivity contribution in [3.8, 4) is 5.75 Å². The molecule has 0 aliphatic carbocycles. The van der Waals surface area contributed by atoms with E-state index in [1.807, 2.05) is 30.3 Å². The van der Waals surface area contributed by atoms with Crippen molar-refractivity contribution in [2.75, 3.05) is 12.0 Å². The lowest BCUT2D eigenvalue weighted by Crippen LogP contribution is -2.54. The highest BCUT2D eigenvalue weighted by molar-refractivity contribution is 9.10. The molecule has 3 aromatic carbocycles. The molecule has 0 unspecified atom stereocenters. The molecule has 7 heteroatoms. The summed E-state index contributed by atoms with van der Waals surface area (Å²) >= 11 is 3.56. The van der Waals surface area contributed by atoms with Crippen molar-refractivity contribution >= 4 is 45.5 Å². The summed E-state index contributed by atoms with van der Waals surface area (Å²) in [6.07, 6.45) is 2.07. The van der Waals surface area contributed by atoms with E-state index in [1.54, 1.807) is 49.6 Å². The van der Waals surface area contributed by atoms with Crippen molar-refractivity contribution in [3.63, 3.8) is 0 Å². The molecule has 0 aromatic heterocycles. The molecule has 1 fully saturated rings. The van der Waals surface area contributed by atoms with Crippen LogP contribution in [0, 0.1) is 0 Å². The number of nitrogens with one attached hydrogen (secondary N) is 1. The van der Waals surface area contributed by atoms with Crippen LogP contribution in [0.5, 0.6) is 5.75 Å². The zero-order chi connectivity index (χ0) is 22.7. The Morgan fingerprint density at radius 2 is 1.66 bits per heavy atom. The zero-order valence-electron chi connectivity index (χ0n) is 17.2. The Morgan fingerprint density at radius 3 is 2.38 bits per heavy atom. The number of para-hydroxylation sites is 1. The molecule has 3 aromatic rings. The van der Waals surface area contributed by atoms with Crippen molar-refractivity contribution in [3.05, 3.63) is 99.5 Å². The Balaban J connectivity index is 1.76. The van der Waals surface area contributed by atoms with Crippen LogP contribution < -0.4 is 15.0 Å². The Bertz CT molecular complexity index is 1240. The van der Waals surface area contributed by atoms with Crippen molar-refractivity contribution in [2.24, 2.45) is 0 Å². The number of nitrogens with zero attached hydrogens (tertiary/aromatic N) is 1. The van der Waals surface area contributed by atoms with E-state index in [0.717, 1.165) is 20.5 Å². The van der Waals surface area contributed by atoms with Crippen LogP contribution in [-0.2, 0) is 16.0 Å². The first-order valence-electron chi connectivity index (χ1n) is 9.85. The molecule has 6 nitrogen and oxygen atoms in total. The number of anilines is 1. The average molecular weight is 491 g/mol. The average Bonchev–Trinajstić information content (AvgIpc) is 2.79. The number of methoxy groups -OCH3 is 1. The molecular formula is C25H19BrN2O4. The Labute approximate surface area is 193 Å². The Morgan fingerprint density at radius 1 is 0.938 bits per heavy atom. The largest absolute Gasteiger partial charge is 0.497 e. The van der Waals surface area contributed by atoms with Gasteiger partial charge in [-0.25, -0.2) is 9.69 Å². The second-order valence-electron chi connectivity index (χ2n) is 7.13. The molecule has 32 heavy (non-hydrogen) atoms. The molecule has 1 heterocycles. The summed E-state index contributed by atoms with van der Waals surface area (Å²) in [5.74, 6) is -0.739.